The van der Waals surface area contributed by atoms with Gasteiger partial charge in [-0.15, -0.1) is 11.6 Å². The van der Waals surface area contributed by atoms with Gasteiger partial charge in [0.05, 0.1) is 10.1 Å². The van der Waals surface area contributed by atoms with Crippen LogP contribution in [0.4, 0.5) is 0 Å². The van der Waals surface area contributed by atoms with Crippen molar-refractivity contribution in [1.82, 2.24) is 0 Å². The number of benzene rings is 1. The van der Waals surface area contributed by atoms with E-state index in [1.54, 1.807) is 0 Å². The van der Waals surface area contributed by atoms with Gasteiger partial charge in [0.1, 0.15) is 0 Å². The fraction of sp³-hybridized carbons (Fsp3) is 0. The fourth-order valence-electron chi connectivity index (χ4n) is 0.570. The van der Waals surface area contributed by atoms with Gasteiger partial charge in [-0.1, -0.05) is 0 Å². The van der Waals surface area contributed by atoms with E-state index in [-0.39, 0.29) is 98.7 Å². The van der Waals surface area contributed by atoms with E-state index in [1.165, 1.54) is 0 Å². The molecular weight excluding hydrogens is 292 g/mol. The molecule has 1 aromatic rings. The van der Waals surface area contributed by atoms with Crippen molar-refractivity contribution < 1.29 is 102 Å². The molecule has 0 aliphatic heterocycles. The Kier molecular flexibility index (Phi) is 14.6. The van der Waals surface area contributed by atoms with Gasteiger partial charge >= 0.3 is 88.7 Å². The average molecular weight is 293 g/mol. The van der Waals surface area contributed by atoms with Crippen molar-refractivity contribution in [2.24, 2.45) is 0 Å². The van der Waals surface area contributed by atoms with Crippen molar-refractivity contribution in [1.29, 1.82) is 0 Å². The van der Waals surface area contributed by atoms with E-state index in [1.807, 2.05) is 0 Å². The monoisotopic (exact) mass is 292 g/mol. The molecule has 0 amide bonds. The molecule has 0 unspecified atom stereocenters. The predicted molar refractivity (Wildman–Crippen MR) is 42.1 cm³/mol. The maximum Gasteiger partial charge on any atom is 1.00 e. The molecule has 0 bridgehead atoms. The molecule has 0 atom stereocenters. The van der Waals surface area contributed by atoms with Crippen LogP contribution in [0.2, 0.25) is 10.0 Å². The summed E-state index contributed by atoms with van der Waals surface area (Å²) in [6.45, 7) is 0. The third-order valence-electron chi connectivity index (χ3n) is 1.02. The molecule has 0 saturated carbocycles. The Morgan fingerprint density at radius 2 is 1.67 bits per heavy atom. The van der Waals surface area contributed by atoms with E-state index in [4.69, 9.17) is 23.2 Å². The molecule has 1 aromatic carbocycles. The first-order valence-corrected chi connectivity index (χ1v) is 4.82. The van der Waals surface area contributed by atoms with Gasteiger partial charge in [0.2, 0.25) is 0 Å². The summed E-state index contributed by atoms with van der Waals surface area (Å²) in [6, 6.07) is 5.58. The molecule has 0 spiro atoms. The van der Waals surface area contributed by atoms with Crippen LogP contribution in [0.5, 0.6) is 0 Å². The number of hydrogen-bond acceptors (Lipinski definition) is 3. The SMILES string of the molecule is O=S(=O)([O-])c1[c-]c(Cl)[c-]cc1Cl.[Na+].[Na+].[Na+]. The van der Waals surface area contributed by atoms with Crippen LogP contribution in [0.25, 0.3) is 0 Å². The molecule has 15 heavy (non-hydrogen) atoms. The summed E-state index contributed by atoms with van der Waals surface area (Å²) < 4.78 is 31.4. The molecule has 0 aliphatic rings. The zero-order chi connectivity index (χ0) is 9.35. The second kappa shape index (κ2) is 9.62. The van der Waals surface area contributed by atoms with Gasteiger partial charge in [0, 0.05) is 0 Å². The molecule has 0 fully saturated rings. The van der Waals surface area contributed by atoms with Crippen molar-refractivity contribution in [2.75, 3.05) is 0 Å². The fourth-order valence-corrected chi connectivity index (χ4v) is 1.68. The Bertz CT molecular complexity index is 410. The molecular formula is C6HCl2Na3O3S. The third-order valence-corrected chi connectivity index (χ3v) is 2.45. The van der Waals surface area contributed by atoms with Crippen LogP contribution >= 0.6 is 23.2 Å². The van der Waals surface area contributed by atoms with Crippen molar-refractivity contribution in [2.45, 2.75) is 4.90 Å². The van der Waals surface area contributed by atoms with Crippen LogP contribution < -0.4 is 88.7 Å². The van der Waals surface area contributed by atoms with E-state index in [9.17, 15) is 13.0 Å². The molecule has 9 heteroatoms. The van der Waals surface area contributed by atoms with Gasteiger partial charge in [-0.05, 0) is 0 Å². The van der Waals surface area contributed by atoms with Crippen LogP contribution in [0.15, 0.2) is 11.0 Å². The normalized spacial score (nSPS) is 9.27. The average Bonchev–Trinajstić information content (AvgIpc) is 1.92. The van der Waals surface area contributed by atoms with Gasteiger partial charge in [0.25, 0.3) is 0 Å². The molecule has 0 N–H and O–H groups in total. The van der Waals surface area contributed by atoms with E-state index in [0.29, 0.717) is 0 Å². The molecule has 0 aromatic heterocycles. The second-order valence-corrected chi connectivity index (χ2v) is 3.96. The van der Waals surface area contributed by atoms with E-state index in [0.717, 1.165) is 6.07 Å². The van der Waals surface area contributed by atoms with Crippen molar-refractivity contribution >= 4 is 33.3 Å². The van der Waals surface area contributed by atoms with Gasteiger partial charge in [-0.25, -0.2) is 25.0 Å². The summed E-state index contributed by atoms with van der Waals surface area (Å²) in [5, 5.41) is -0.316. The maximum atomic E-state index is 10.5. The Hall–Kier alpha value is 2.71. The minimum absolute atomic E-state index is 0. The summed E-state index contributed by atoms with van der Waals surface area (Å²) in [4.78, 5) is -0.645. The first kappa shape index (κ1) is 22.9. The quantitative estimate of drug-likeness (QED) is 0.294. The van der Waals surface area contributed by atoms with E-state index < -0.39 is 15.0 Å². The summed E-state index contributed by atoms with van der Waals surface area (Å²) >= 11 is 10.7. The van der Waals surface area contributed by atoms with E-state index >= 15 is 0 Å². The van der Waals surface area contributed by atoms with Crippen molar-refractivity contribution in [3.8, 4) is 0 Å². The topological polar surface area (TPSA) is 57.2 Å². The first-order valence-electron chi connectivity index (χ1n) is 2.66. The van der Waals surface area contributed by atoms with Gasteiger partial charge < -0.3 is 16.7 Å². The standard InChI is InChI=1S/C6H2Cl2O3S.3Na/c7-4-1-2-5(8)6(3-4)12(9,10)11;;;/h2H,(H,9,10,11);;;/q-2;3*+1/p-1. The maximum absolute atomic E-state index is 10.5. The Balaban J connectivity index is -0.000000480. The van der Waals surface area contributed by atoms with Gasteiger partial charge in [-0.3, -0.25) is 6.07 Å². The Morgan fingerprint density at radius 3 is 2.00 bits per heavy atom. The van der Waals surface area contributed by atoms with Crippen LogP contribution in [0, 0.1) is 12.1 Å². The molecule has 0 heterocycles. The molecule has 0 aliphatic carbocycles. The summed E-state index contributed by atoms with van der Waals surface area (Å²) in [5.41, 5.74) is 0. The molecule has 66 valence electrons. The zero-order valence-electron chi connectivity index (χ0n) is 8.47. The predicted octanol–water partition coefficient (Wildman–Crippen LogP) is -7.49. The summed E-state index contributed by atoms with van der Waals surface area (Å²) in [5.74, 6) is 0. The Labute approximate surface area is 165 Å². The van der Waals surface area contributed by atoms with E-state index in [2.05, 4.69) is 12.1 Å². The number of hydrogen-bond donors (Lipinski definition) is 0. The van der Waals surface area contributed by atoms with Crippen LogP contribution in [0.1, 0.15) is 0 Å². The summed E-state index contributed by atoms with van der Waals surface area (Å²) in [7, 11) is -4.60. The smallest absolute Gasteiger partial charge is 0.747 e. The Morgan fingerprint density at radius 1 is 1.20 bits per heavy atom. The minimum Gasteiger partial charge on any atom is -0.747 e. The first-order chi connectivity index (χ1) is 5.41. The largest absolute Gasteiger partial charge is 1.00 e. The van der Waals surface area contributed by atoms with Crippen LogP contribution in [-0.2, 0) is 10.1 Å². The minimum atomic E-state index is -4.60. The third kappa shape index (κ3) is 7.67. The number of halogens is 2. The van der Waals surface area contributed by atoms with Crippen molar-refractivity contribution in [3.63, 3.8) is 0 Å². The van der Waals surface area contributed by atoms with Crippen molar-refractivity contribution in [3.05, 3.63) is 28.2 Å². The van der Waals surface area contributed by atoms with Crippen LogP contribution in [-0.4, -0.2) is 13.0 Å². The molecule has 0 radical (unpaired) electrons. The number of rotatable bonds is 1. The molecule has 3 nitrogen and oxygen atoms in total. The molecule has 1 rings (SSSR count). The van der Waals surface area contributed by atoms with Gasteiger partial charge in [0.15, 0.2) is 0 Å². The second-order valence-electron chi connectivity index (χ2n) is 1.86. The van der Waals surface area contributed by atoms with Gasteiger partial charge in [-0.2, -0.15) is 9.92 Å². The molecule has 0 saturated heterocycles. The summed E-state index contributed by atoms with van der Waals surface area (Å²) in [6.07, 6.45) is 0. The van der Waals surface area contributed by atoms with Crippen LogP contribution in [0.3, 0.4) is 0 Å². The zero-order valence-corrected chi connectivity index (χ0v) is 16.8.